The van der Waals surface area contributed by atoms with Crippen molar-refractivity contribution in [1.29, 1.82) is 0 Å². The van der Waals surface area contributed by atoms with Gasteiger partial charge in [0.25, 0.3) is 10.1 Å². The number of β-lactam (4-membered cyclic amide) rings is 1. The Bertz CT molecular complexity index is 791. The number of rotatable bonds is 2. The van der Waals surface area contributed by atoms with Gasteiger partial charge in [0, 0.05) is 4.75 Å². The zero-order valence-electron chi connectivity index (χ0n) is 13.9. The maximum Gasteiger partial charge on any atom is 0.327 e. The normalized spacial score (nSPS) is 27.0. The van der Waals surface area contributed by atoms with Crippen LogP contribution in [-0.4, -0.2) is 57.1 Å². The molecule has 3 rings (SSSR count). The lowest BCUT2D eigenvalue weighted by Gasteiger charge is -2.41. The van der Waals surface area contributed by atoms with E-state index in [1.54, 1.807) is 12.1 Å². The van der Waals surface area contributed by atoms with E-state index in [0.29, 0.717) is 0 Å². The number of fused-ring (bicyclic) bond motifs is 1. The Labute approximate surface area is 150 Å². The van der Waals surface area contributed by atoms with Gasteiger partial charge < -0.3 is 15.7 Å². The Hall–Kier alpha value is -1.62. The number of carbonyl (C=O) groups is 2. The lowest BCUT2D eigenvalue weighted by Crippen LogP contribution is -2.68. The molecular formula is C15H20N2O6S2. The van der Waals surface area contributed by atoms with Crippen molar-refractivity contribution < 1.29 is 27.7 Å². The average molecular weight is 388 g/mol. The van der Waals surface area contributed by atoms with Crippen molar-refractivity contribution in [3.63, 3.8) is 0 Å². The van der Waals surface area contributed by atoms with Gasteiger partial charge in [0.1, 0.15) is 17.5 Å². The second-order valence-electron chi connectivity index (χ2n) is 6.41. The van der Waals surface area contributed by atoms with E-state index in [9.17, 15) is 18.0 Å². The summed E-state index contributed by atoms with van der Waals surface area (Å²) in [5, 5.41) is 8.87. The summed E-state index contributed by atoms with van der Waals surface area (Å²) in [6.45, 7) is 5.50. The quantitative estimate of drug-likeness (QED) is 0.497. The predicted octanol–water partition coefficient (Wildman–Crippen LogP) is 0.702. The summed E-state index contributed by atoms with van der Waals surface area (Å²) >= 11 is 1.47. The van der Waals surface area contributed by atoms with Crippen LogP contribution in [0.25, 0.3) is 0 Å². The molecule has 2 aliphatic heterocycles. The minimum atomic E-state index is -4.02. The van der Waals surface area contributed by atoms with Crippen molar-refractivity contribution >= 4 is 33.8 Å². The number of carboxylic acid groups (broad SMARTS) is 1. The van der Waals surface area contributed by atoms with Crippen LogP contribution in [0.5, 0.6) is 0 Å². The van der Waals surface area contributed by atoms with Crippen LogP contribution in [-0.2, 0) is 19.7 Å². The van der Waals surface area contributed by atoms with Gasteiger partial charge in [-0.1, -0.05) is 17.7 Å². The number of carbonyl (C=O) groups excluding carboxylic acids is 1. The van der Waals surface area contributed by atoms with Crippen LogP contribution in [0.2, 0.25) is 0 Å². The van der Waals surface area contributed by atoms with Gasteiger partial charge in [-0.2, -0.15) is 8.42 Å². The number of hydrogen-bond acceptors (Lipinski definition) is 6. The first kappa shape index (κ1) is 19.7. The number of aliphatic carboxylic acids is 1. The van der Waals surface area contributed by atoms with Crippen LogP contribution in [0.4, 0.5) is 0 Å². The predicted molar refractivity (Wildman–Crippen MR) is 92.7 cm³/mol. The molecule has 2 heterocycles. The van der Waals surface area contributed by atoms with Crippen molar-refractivity contribution in [3.05, 3.63) is 29.8 Å². The first-order chi connectivity index (χ1) is 11.4. The minimum Gasteiger partial charge on any atom is -0.480 e. The molecule has 0 aromatic heterocycles. The molecule has 138 valence electrons. The molecule has 1 aromatic rings. The summed E-state index contributed by atoms with van der Waals surface area (Å²) in [7, 11) is -4.02. The van der Waals surface area contributed by atoms with Crippen LogP contribution in [0.1, 0.15) is 19.4 Å². The van der Waals surface area contributed by atoms with Crippen LogP contribution < -0.4 is 5.73 Å². The summed E-state index contributed by atoms with van der Waals surface area (Å²) in [5.41, 5.74) is 6.54. The number of amides is 1. The number of aryl methyl sites for hydroxylation is 1. The number of thioether (sulfide) groups is 1. The third-order valence-electron chi connectivity index (χ3n) is 4.03. The van der Waals surface area contributed by atoms with Gasteiger partial charge in [-0.3, -0.25) is 9.35 Å². The molecule has 2 fully saturated rings. The lowest BCUT2D eigenvalue weighted by molar-refractivity contribution is -0.159. The van der Waals surface area contributed by atoms with Gasteiger partial charge in [0.2, 0.25) is 5.91 Å². The van der Waals surface area contributed by atoms with Crippen molar-refractivity contribution in [2.45, 2.75) is 47.9 Å². The zero-order valence-corrected chi connectivity index (χ0v) is 15.5. The molecule has 10 heteroatoms. The molecule has 25 heavy (non-hydrogen) atoms. The Morgan fingerprint density at radius 3 is 2.24 bits per heavy atom. The Morgan fingerprint density at radius 2 is 1.80 bits per heavy atom. The van der Waals surface area contributed by atoms with Gasteiger partial charge in [-0.25, -0.2) is 4.79 Å². The second kappa shape index (κ2) is 6.60. The van der Waals surface area contributed by atoms with Crippen LogP contribution in [0, 0.1) is 6.92 Å². The molecule has 4 N–H and O–H groups in total. The summed E-state index contributed by atoms with van der Waals surface area (Å²) < 4.78 is 29.1. The molecule has 1 amide bonds. The average Bonchev–Trinajstić information content (AvgIpc) is 2.76. The van der Waals surface area contributed by atoms with Crippen molar-refractivity contribution in [3.8, 4) is 0 Å². The van der Waals surface area contributed by atoms with E-state index >= 15 is 0 Å². The van der Waals surface area contributed by atoms with Crippen molar-refractivity contribution in [1.82, 2.24) is 4.90 Å². The van der Waals surface area contributed by atoms with E-state index in [1.807, 2.05) is 20.8 Å². The van der Waals surface area contributed by atoms with E-state index in [1.165, 1.54) is 28.8 Å². The van der Waals surface area contributed by atoms with Crippen molar-refractivity contribution in [2.24, 2.45) is 5.73 Å². The van der Waals surface area contributed by atoms with E-state index in [0.717, 1.165) is 5.56 Å². The molecule has 2 saturated heterocycles. The fraction of sp³-hybridized carbons (Fsp3) is 0.467. The number of benzene rings is 1. The Morgan fingerprint density at radius 1 is 1.28 bits per heavy atom. The van der Waals surface area contributed by atoms with Crippen molar-refractivity contribution in [2.75, 3.05) is 0 Å². The van der Waals surface area contributed by atoms with E-state index in [4.69, 9.17) is 15.4 Å². The monoisotopic (exact) mass is 388 g/mol. The number of nitrogens with zero attached hydrogens (tertiary/aromatic N) is 1. The smallest absolute Gasteiger partial charge is 0.327 e. The highest BCUT2D eigenvalue weighted by molar-refractivity contribution is 8.01. The van der Waals surface area contributed by atoms with Gasteiger partial charge in [-0.05, 0) is 32.9 Å². The minimum absolute atomic E-state index is 0.0666. The standard InChI is InChI=1S/C8H12N2O3S.C7H8O3S/c1-8(2)4(7(12)13)10-5(11)3(9)6(10)14-8;1-6-2-4-7(5-3-6)11(8,9)10/h3-4,6H,9H2,1-2H3,(H,12,13);2-5H,1H3,(H,8,9,10)/t3-,4+,6-;/m1./s1. The zero-order chi connectivity index (χ0) is 19.2. The highest BCUT2D eigenvalue weighted by atomic mass is 32.2. The Kier molecular flexibility index (Phi) is 5.20. The highest BCUT2D eigenvalue weighted by Crippen LogP contribution is 2.50. The topological polar surface area (TPSA) is 138 Å². The third-order valence-corrected chi connectivity index (χ3v) is 6.50. The van der Waals surface area contributed by atoms with Gasteiger partial charge in [0.05, 0.1) is 4.90 Å². The van der Waals surface area contributed by atoms with Crippen LogP contribution >= 0.6 is 11.8 Å². The maximum atomic E-state index is 11.4. The molecular weight excluding hydrogens is 368 g/mol. The molecule has 3 atom stereocenters. The summed E-state index contributed by atoms with van der Waals surface area (Å²) in [5.74, 6) is -1.20. The fourth-order valence-corrected chi connectivity index (χ4v) is 4.80. The highest BCUT2D eigenvalue weighted by Gasteiger charge is 2.62. The van der Waals surface area contributed by atoms with Crippen LogP contribution in [0.15, 0.2) is 29.2 Å². The SMILES string of the molecule is CC1(C)S[C@@H]2[C@H](N)C(=O)N2[C@H]1C(=O)O.Cc1ccc(S(=O)(=O)O)cc1. The maximum absolute atomic E-state index is 11.4. The molecule has 0 aliphatic carbocycles. The van der Waals surface area contributed by atoms with Gasteiger partial charge in [0.15, 0.2) is 0 Å². The van der Waals surface area contributed by atoms with E-state index in [2.05, 4.69) is 0 Å². The first-order valence-corrected chi connectivity index (χ1v) is 9.71. The first-order valence-electron chi connectivity index (χ1n) is 7.39. The largest absolute Gasteiger partial charge is 0.480 e. The Balaban J connectivity index is 0.000000186. The molecule has 0 unspecified atom stereocenters. The fourth-order valence-electron chi connectivity index (χ4n) is 2.75. The molecule has 8 nitrogen and oxygen atoms in total. The molecule has 0 radical (unpaired) electrons. The molecule has 1 aromatic carbocycles. The van der Waals surface area contributed by atoms with E-state index in [-0.39, 0.29) is 16.2 Å². The third kappa shape index (κ3) is 3.81. The molecule has 0 spiro atoms. The lowest BCUT2D eigenvalue weighted by atomic mass is 9.96. The second-order valence-corrected chi connectivity index (χ2v) is 9.60. The molecule has 2 aliphatic rings. The number of hydrogen-bond donors (Lipinski definition) is 3. The molecule has 0 bridgehead atoms. The number of carboxylic acids is 1. The van der Waals surface area contributed by atoms with Gasteiger partial charge in [-0.15, -0.1) is 11.8 Å². The number of nitrogens with two attached hydrogens (primary N) is 1. The van der Waals surface area contributed by atoms with Crippen LogP contribution in [0.3, 0.4) is 0 Å². The summed E-state index contributed by atoms with van der Waals surface area (Å²) in [4.78, 5) is 23.7. The van der Waals surface area contributed by atoms with Gasteiger partial charge >= 0.3 is 5.97 Å². The summed E-state index contributed by atoms with van der Waals surface area (Å²) in [6.07, 6.45) is 0. The summed E-state index contributed by atoms with van der Waals surface area (Å²) in [6, 6.07) is 4.72. The molecule has 0 saturated carbocycles. The van der Waals surface area contributed by atoms with E-state index < -0.39 is 32.9 Å².